The van der Waals surface area contributed by atoms with E-state index in [0.717, 1.165) is 28.3 Å². The summed E-state index contributed by atoms with van der Waals surface area (Å²) in [5, 5.41) is 11.0. The van der Waals surface area contributed by atoms with Gasteiger partial charge in [-0.2, -0.15) is 0 Å². The molecule has 2 aromatic rings. The number of carboxylic acids is 1. The van der Waals surface area contributed by atoms with Gasteiger partial charge < -0.3 is 5.11 Å². The fourth-order valence-corrected chi connectivity index (χ4v) is 4.09. The molecule has 1 heterocycles. The average Bonchev–Trinajstić information content (AvgIpc) is 2.84. The maximum absolute atomic E-state index is 11.3. The topological polar surface area (TPSA) is 50.2 Å². The minimum atomic E-state index is -0.806. The van der Waals surface area contributed by atoms with E-state index in [1.54, 1.807) is 6.07 Å². The second-order valence-electron chi connectivity index (χ2n) is 4.71. The van der Waals surface area contributed by atoms with E-state index in [0.29, 0.717) is 22.2 Å². The molecule has 1 aromatic carbocycles. The monoisotopic (exact) mass is 327 g/mol. The Morgan fingerprint density at radius 2 is 2.20 bits per heavy atom. The summed E-state index contributed by atoms with van der Waals surface area (Å²) in [6, 6.07) is 5.40. The highest BCUT2D eigenvalue weighted by Gasteiger charge is 2.30. The fourth-order valence-electron chi connectivity index (χ4n) is 2.44. The number of carboxylic acid groups (broad SMARTS) is 1. The quantitative estimate of drug-likeness (QED) is 0.875. The molecule has 0 fully saturated rings. The van der Waals surface area contributed by atoms with Crippen LogP contribution in [0.5, 0.6) is 0 Å². The van der Waals surface area contributed by atoms with Crippen molar-refractivity contribution in [1.29, 1.82) is 0 Å². The highest BCUT2D eigenvalue weighted by molar-refractivity contribution is 7.15. The molecular weight excluding hydrogens is 317 g/mol. The Bertz CT molecular complexity index is 684. The average molecular weight is 328 g/mol. The minimum Gasteiger partial charge on any atom is -0.481 e. The van der Waals surface area contributed by atoms with Crippen LogP contribution in [0.2, 0.25) is 10.0 Å². The van der Waals surface area contributed by atoms with Crippen molar-refractivity contribution in [3.63, 3.8) is 0 Å². The number of fused-ring (bicyclic) bond motifs is 1. The van der Waals surface area contributed by atoms with Crippen molar-refractivity contribution >= 4 is 40.5 Å². The predicted octanol–water partition coefficient (Wildman–Crippen LogP) is 4.62. The predicted molar refractivity (Wildman–Crippen MR) is 80.9 cm³/mol. The highest BCUT2D eigenvalue weighted by Crippen LogP contribution is 2.41. The zero-order valence-corrected chi connectivity index (χ0v) is 12.7. The van der Waals surface area contributed by atoms with Gasteiger partial charge in [-0.1, -0.05) is 35.3 Å². The van der Waals surface area contributed by atoms with Crippen LogP contribution in [0.25, 0.3) is 10.6 Å². The van der Waals surface area contributed by atoms with Crippen molar-refractivity contribution in [2.75, 3.05) is 0 Å². The molecule has 104 valence electrons. The lowest BCUT2D eigenvalue weighted by Crippen LogP contribution is -2.17. The first kappa shape index (κ1) is 13.9. The smallest absolute Gasteiger partial charge is 0.312 e. The first-order valence-electron chi connectivity index (χ1n) is 6.24. The lowest BCUT2D eigenvalue weighted by Gasteiger charge is -2.16. The fraction of sp³-hybridized carbons (Fsp3) is 0.286. The van der Waals surface area contributed by atoms with Gasteiger partial charge in [-0.3, -0.25) is 4.79 Å². The zero-order chi connectivity index (χ0) is 14.3. The van der Waals surface area contributed by atoms with Crippen LogP contribution >= 0.6 is 34.5 Å². The summed E-state index contributed by atoms with van der Waals surface area (Å²) in [5.41, 5.74) is 1.46. The molecule has 3 rings (SSSR count). The van der Waals surface area contributed by atoms with E-state index in [4.69, 9.17) is 23.2 Å². The van der Waals surface area contributed by atoms with Crippen LogP contribution < -0.4 is 0 Å². The van der Waals surface area contributed by atoms with Gasteiger partial charge in [-0.05, 0) is 25.3 Å². The molecule has 3 nitrogen and oxygen atoms in total. The van der Waals surface area contributed by atoms with Gasteiger partial charge in [0.2, 0.25) is 0 Å². The standard InChI is InChI=1S/C14H11Cl2NO2S/c15-9-5-1-3-7(11(9)16)13-17-12-8(14(18)19)4-2-6-10(12)20-13/h1,3,5,8H,2,4,6H2,(H,18,19). The van der Waals surface area contributed by atoms with Crippen LogP contribution in [0.3, 0.4) is 0 Å². The molecule has 1 aliphatic carbocycles. The van der Waals surface area contributed by atoms with Gasteiger partial charge in [0.25, 0.3) is 0 Å². The van der Waals surface area contributed by atoms with Crippen LogP contribution in [0.15, 0.2) is 18.2 Å². The number of hydrogen-bond acceptors (Lipinski definition) is 3. The molecule has 6 heteroatoms. The molecule has 0 amide bonds. The zero-order valence-electron chi connectivity index (χ0n) is 10.4. The molecule has 1 atom stereocenters. The molecule has 1 aromatic heterocycles. The summed E-state index contributed by atoms with van der Waals surface area (Å²) in [5.74, 6) is -1.30. The number of aliphatic carboxylic acids is 1. The summed E-state index contributed by atoms with van der Waals surface area (Å²) in [6.45, 7) is 0. The normalized spacial score (nSPS) is 17.8. The van der Waals surface area contributed by atoms with Crippen LogP contribution in [0, 0.1) is 0 Å². The molecule has 0 aliphatic heterocycles. The second-order valence-corrected chi connectivity index (χ2v) is 6.58. The lowest BCUT2D eigenvalue weighted by molar-refractivity contribution is -0.139. The van der Waals surface area contributed by atoms with Crippen molar-refractivity contribution < 1.29 is 9.90 Å². The Morgan fingerprint density at radius 1 is 1.40 bits per heavy atom. The lowest BCUT2D eigenvalue weighted by atomic mass is 9.91. The molecule has 0 radical (unpaired) electrons. The van der Waals surface area contributed by atoms with Crippen molar-refractivity contribution in [1.82, 2.24) is 4.98 Å². The third kappa shape index (κ3) is 2.32. The number of nitrogens with zero attached hydrogens (tertiary/aromatic N) is 1. The molecule has 0 bridgehead atoms. The van der Waals surface area contributed by atoms with Crippen molar-refractivity contribution in [3.8, 4) is 10.6 Å². The maximum Gasteiger partial charge on any atom is 0.312 e. The number of carbonyl (C=O) groups is 1. The summed E-state index contributed by atoms with van der Waals surface area (Å²) in [6.07, 6.45) is 2.42. The van der Waals surface area contributed by atoms with Crippen molar-refractivity contribution in [2.45, 2.75) is 25.2 Å². The SMILES string of the molecule is O=C(O)C1CCCc2sc(-c3cccc(Cl)c3Cl)nc21. The number of halogens is 2. The number of aromatic nitrogens is 1. The summed E-state index contributed by atoms with van der Waals surface area (Å²) in [4.78, 5) is 16.9. The third-order valence-corrected chi connectivity index (χ3v) is 5.42. The van der Waals surface area contributed by atoms with Gasteiger partial charge in [0.15, 0.2) is 0 Å². The van der Waals surface area contributed by atoms with Crippen molar-refractivity contribution in [3.05, 3.63) is 38.8 Å². The van der Waals surface area contributed by atoms with Gasteiger partial charge >= 0.3 is 5.97 Å². The Morgan fingerprint density at radius 3 is 2.95 bits per heavy atom. The summed E-state index contributed by atoms with van der Waals surface area (Å²) in [7, 11) is 0. The molecule has 0 saturated carbocycles. The van der Waals surface area contributed by atoms with Gasteiger partial charge in [-0.15, -0.1) is 11.3 Å². The van der Waals surface area contributed by atoms with Gasteiger partial charge in [0, 0.05) is 10.4 Å². The van der Waals surface area contributed by atoms with E-state index >= 15 is 0 Å². The Kier molecular flexibility index (Phi) is 3.71. The van der Waals surface area contributed by atoms with E-state index in [1.807, 2.05) is 12.1 Å². The van der Waals surface area contributed by atoms with Gasteiger partial charge in [-0.25, -0.2) is 4.98 Å². The number of rotatable bonds is 2. The summed E-state index contributed by atoms with van der Waals surface area (Å²) < 4.78 is 0. The molecule has 20 heavy (non-hydrogen) atoms. The first-order valence-corrected chi connectivity index (χ1v) is 7.82. The van der Waals surface area contributed by atoms with Crippen LogP contribution in [0.1, 0.15) is 29.3 Å². The first-order chi connectivity index (χ1) is 9.58. The number of hydrogen-bond donors (Lipinski definition) is 1. The number of aryl methyl sites for hydroxylation is 1. The largest absolute Gasteiger partial charge is 0.481 e. The van der Waals surface area contributed by atoms with E-state index in [-0.39, 0.29) is 0 Å². The molecular formula is C14H11Cl2NO2S. The number of thiazole rings is 1. The Labute approximate surface area is 130 Å². The molecule has 0 saturated heterocycles. The Hall–Kier alpha value is -1.10. The molecule has 1 N–H and O–H groups in total. The highest BCUT2D eigenvalue weighted by atomic mass is 35.5. The van der Waals surface area contributed by atoms with Gasteiger partial charge in [0.1, 0.15) is 5.01 Å². The second kappa shape index (κ2) is 5.35. The van der Waals surface area contributed by atoms with Crippen LogP contribution in [-0.4, -0.2) is 16.1 Å². The minimum absolute atomic E-state index is 0.465. The molecule has 1 aliphatic rings. The van der Waals surface area contributed by atoms with Crippen LogP contribution in [-0.2, 0) is 11.2 Å². The van der Waals surface area contributed by atoms with E-state index in [1.165, 1.54) is 11.3 Å². The number of benzene rings is 1. The van der Waals surface area contributed by atoms with Crippen LogP contribution in [0.4, 0.5) is 0 Å². The molecule has 0 spiro atoms. The van der Waals surface area contributed by atoms with Gasteiger partial charge in [0.05, 0.1) is 21.7 Å². The molecule has 1 unspecified atom stereocenters. The van der Waals surface area contributed by atoms with E-state index in [9.17, 15) is 9.90 Å². The maximum atomic E-state index is 11.3. The summed E-state index contributed by atoms with van der Waals surface area (Å²) >= 11 is 13.7. The van der Waals surface area contributed by atoms with E-state index in [2.05, 4.69) is 4.98 Å². The van der Waals surface area contributed by atoms with E-state index < -0.39 is 11.9 Å². The Balaban J connectivity index is 2.09. The van der Waals surface area contributed by atoms with Crippen molar-refractivity contribution in [2.24, 2.45) is 0 Å². The third-order valence-electron chi connectivity index (χ3n) is 3.43.